The molecule has 0 aromatic heterocycles. The summed E-state index contributed by atoms with van der Waals surface area (Å²) in [7, 11) is 0. The molecule has 1 aliphatic rings. The van der Waals surface area contributed by atoms with E-state index in [0.29, 0.717) is 12.3 Å². The van der Waals surface area contributed by atoms with Crippen molar-refractivity contribution in [3.8, 4) is 0 Å². The van der Waals surface area contributed by atoms with E-state index in [1.807, 2.05) is 0 Å². The van der Waals surface area contributed by atoms with Gasteiger partial charge in [0.05, 0.1) is 0 Å². The second kappa shape index (κ2) is 5.19. The van der Waals surface area contributed by atoms with Gasteiger partial charge in [0.1, 0.15) is 0 Å². The molecule has 98 valence electrons. The first-order valence-electron chi connectivity index (χ1n) is 6.47. The quantitative estimate of drug-likeness (QED) is 0.825. The maximum atomic E-state index is 11.8. The normalized spacial score (nSPS) is 27.6. The number of hydrogen-bond acceptors (Lipinski definition) is 1. The number of halogens is 1. The number of hydrogen-bond donors (Lipinski definition) is 1. The lowest BCUT2D eigenvalue weighted by atomic mass is 9.73. The molecule has 2 nitrogen and oxygen atoms in total. The third kappa shape index (κ3) is 2.71. The van der Waals surface area contributed by atoms with Crippen LogP contribution in [0.1, 0.15) is 39.2 Å². The van der Waals surface area contributed by atoms with Gasteiger partial charge < -0.3 is 5.32 Å². The minimum atomic E-state index is -0.0638. The molecular weight excluding hydrogens is 337 g/mol. The Morgan fingerprint density at radius 1 is 1.39 bits per heavy atom. The number of carbonyl (C=O) groups excluding carboxylic acids is 1. The average molecular weight is 357 g/mol. The van der Waals surface area contributed by atoms with E-state index in [-0.39, 0.29) is 17.4 Å². The molecule has 1 aromatic carbocycles. The molecule has 0 aliphatic carbocycles. The largest absolute Gasteiger partial charge is 0.352 e. The molecule has 1 amide bonds. The van der Waals surface area contributed by atoms with E-state index in [4.69, 9.17) is 0 Å². The summed E-state index contributed by atoms with van der Waals surface area (Å²) in [6, 6.07) is 8.82. The number of nitrogens with one attached hydrogen (secondary N) is 1. The summed E-state index contributed by atoms with van der Waals surface area (Å²) in [5.74, 6) is 0.776. The fourth-order valence-corrected chi connectivity index (χ4v) is 3.15. The van der Waals surface area contributed by atoms with Crippen LogP contribution in [0.25, 0.3) is 0 Å². The van der Waals surface area contributed by atoms with Gasteiger partial charge in [0.25, 0.3) is 0 Å². The van der Waals surface area contributed by atoms with Crippen LogP contribution in [0.5, 0.6) is 0 Å². The predicted octanol–water partition coefficient (Wildman–Crippen LogP) is 3.48. The Morgan fingerprint density at radius 3 is 2.56 bits per heavy atom. The van der Waals surface area contributed by atoms with E-state index in [1.54, 1.807) is 0 Å². The van der Waals surface area contributed by atoms with Gasteiger partial charge in [-0.3, -0.25) is 4.79 Å². The molecule has 1 fully saturated rings. The van der Waals surface area contributed by atoms with E-state index >= 15 is 0 Å². The molecule has 2 unspecified atom stereocenters. The van der Waals surface area contributed by atoms with Gasteiger partial charge >= 0.3 is 0 Å². The molecule has 2 atom stereocenters. The summed E-state index contributed by atoms with van der Waals surface area (Å²) in [6.07, 6.45) is 1.64. The monoisotopic (exact) mass is 357 g/mol. The predicted molar refractivity (Wildman–Crippen MR) is 82.5 cm³/mol. The highest BCUT2D eigenvalue weighted by molar-refractivity contribution is 14.1. The van der Waals surface area contributed by atoms with E-state index in [1.165, 1.54) is 9.13 Å². The molecule has 18 heavy (non-hydrogen) atoms. The third-order valence-electron chi connectivity index (χ3n) is 3.84. The van der Waals surface area contributed by atoms with Crippen molar-refractivity contribution in [2.24, 2.45) is 5.92 Å². The van der Waals surface area contributed by atoms with Gasteiger partial charge in [-0.1, -0.05) is 32.9 Å². The van der Waals surface area contributed by atoms with Gasteiger partial charge in [0.2, 0.25) is 5.91 Å². The van der Waals surface area contributed by atoms with Crippen LogP contribution in [-0.2, 0) is 10.2 Å². The molecule has 0 bridgehead atoms. The summed E-state index contributed by atoms with van der Waals surface area (Å²) in [4.78, 5) is 11.8. The van der Waals surface area contributed by atoms with Gasteiger partial charge in [-0.25, -0.2) is 0 Å². The Morgan fingerprint density at radius 2 is 2.00 bits per heavy atom. The lowest BCUT2D eigenvalue weighted by molar-refractivity contribution is -0.119. The highest BCUT2D eigenvalue weighted by Crippen LogP contribution is 2.38. The molecule has 1 saturated heterocycles. The van der Waals surface area contributed by atoms with E-state index in [9.17, 15) is 4.79 Å². The Labute approximate surface area is 123 Å². The van der Waals surface area contributed by atoms with Crippen molar-refractivity contribution >= 4 is 28.5 Å². The maximum Gasteiger partial charge on any atom is 0.221 e. The first kappa shape index (κ1) is 13.8. The molecule has 1 aromatic rings. The van der Waals surface area contributed by atoms with Crippen LogP contribution in [0.3, 0.4) is 0 Å². The number of rotatable bonds is 3. The van der Waals surface area contributed by atoms with E-state index < -0.39 is 0 Å². The number of carbonyl (C=O) groups is 1. The third-order valence-corrected chi connectivity index (χ3v) is 4.56. The fourth-order valence-electron chi connectivity index (χ4n) is 2.79. The second-order valence-electron chi connectivity index (χ2n) is 5.85. The molecule has 0 radical (unpaired) electrons. The Balaban J connectivity index is 2.31. The minimum absolute atomic E-state index is 0.0638. The van der Waals surface area contributed by atoms with Crippen molar-refractivity contribution in [2.75, 3.05) is 0 Å². The smallest absolute Gasteiger partial charge is 0.221 e. The zero-order chi connectivity index (χ0) is 13.3. The molecular formula is C15H20INO. The zero-order valence-electron chi connectivity index (χ0n) is 11.2. The molecule has 0 spiro atoms. The second-order valence-corrected chi connectivity index (χ2v) is 7.10. The Kier molecular flexibility index (Phi) is 3.99. The van der Waals surface area contributed by atoms with Gasteiger partial charge in [0.15, 0.2) is 0 Å². The molecule has 0 saturated carbocycles. The van der Waals surface area contributed by atoms with Crippen molar-refractivity contribution in [1.29, 1.82) is 0 Å². The lowest BCUT2D eigenvalue weighted by Gasteiger charge is -2.32. The molecule has 1 heterocycles. The van der Waals surface area contributed by atoms with Crippen molar-refractivity contribution in [2.45, 2.75) is 45.1 Å². The van der Waals surface area contributed by atoms with Gasteiger partial charge in [-0.2, -0.15) is 0 Å². The average Bonchev–Trinajstić information content (AvgIpc) is 2.54. The summed E-state index contributed by atoms with van der Waals surface area (Å²) in [6.45, 7) is 6.62. The topological polar surface area (TPSA) is 29.1 Å². The van der Waals surface area contributed by atoms with E-state index in [2.05, 4.69) is 72.9 Å². The number of benzene rings is 1. The van der Waals surface area contributed by atoms with E-state index in [0.717, 1.165) is 6.42 Å². The first-order chi connectivity index (χ1) is 8.41. The highest BCUT2D eigenvalue weighted by Gasteiger charge is 2.44. The summed E-state index contributed by atoms with van der Waals surface area (Å²) >= 11 is 2.31. The van der Waals surface area contributed by atoms with Gasteiger partial charge in [-0.05, 0) is 52.6 Å². The Hall–Kier alpha value is -0.580. The van der Waals surface area contributed by atoms with Crippen LogP contribution in [0.4, 0.5) is 0 Å². The summed E-state index contributed by atoms with van der Waals surface area (Å²) in [5, 5.41) is 3.15. The standard InChI is InChI=1S/C15H20INO/c1-10(2)8-13-15(3,9-14(18)17-13)11-4-6-12(16)7-5-11/h4-7,10,13H,8-9H2,1-3H3,(H,17,18). The highest BCUT2D eigenvalue weighted by atomic mass is 127. The molecule has 1 N–H and O–H groups in total. The van der Waals surface area contributed by atoms with Gasteiger partial charge in [-0.15, -0.1) is 0 Å². The molecule has 1 aliphatic heterocycles. The minimum Gasteiger partial charge on any atom is -0.352 e. The van der Waals surface area contributed by atoms with Crippen molar-refractivity contribution in [3.63, 3.8) is 0 Å². The van der Waals surface area contributed by atoms with Crippen LogP contribution in [0, 0.1) is 9.49 Å². The molecule has 2 rings (SSSR count). The number of amides is 1. The van der Waals surface area contributed by atoms with Crippen LogP contribution in [0.2, 0.25) is 0 Å². The fraction of sp³-hybridized carbons (Fsp3) is 0.533. The van der Waals surface area contributed by atoms with Crippen molar-refractivity contribution in [3.05, 3.63) is 33.4 Å². The van der Waals surface area contributed by atoms with Crippen molar-refractivity contribution in [1.82, 2.24) is 5.32 Å². The Bertz CT molecular complexity index is 440. The van der Waals surface area contributed by atoms with Gasteiger partial charge in [0, 0.05) is 21.4 Å². The van der Waals surface area contributed by atoms with Crippen LogP contribution < -0.4 is 5.32 Å². The first-order valence-corrected chi connectivity index (χ1v) is 7.55. The summed E-state index contributed by atoms with van der Waals surface area (Å²) in [5.41, 5.74) is 1.21. The molecule has 3 heteroatoms. The summed E-state index contributed by atoms with van der Waals surface area (Å²) < 4.78 is 1.23. The van der Waals surface area contributed by atoms with Crippen LogP contribution in [0.15, 0.2) is 24.3 Å². The van der Waals surface area contributed by atoms with Crippen LogP contribution in [-0.4, -0.2) is 11.9 Å². The SMILES string of the molecule is CC(C)CC1NC(=O)CC1(C)c1ccc(I)cc1. The lowest BCUT2D eigenvalue weighted by Crippen LogP contribution is -2.39. The maximum absolute atomic E-state index is 11.8. The van der Waals surface area contributed by atoms with Crippen LogP contribution >= 0.6 is 22.6 Å². The van der Waals surface area contributed by atoms with Crippen molar-refractivity contribution < 1.29 is 4.79 Å². The zero-order valence-corrected chi connectivity index (χ0v) is 13.3.